The molecular formula is C18H22N4O3. The van der Waals surface area contributed by atoms with Crippen LogP contribution in [0.4, 0.5) is 0 Å². The number of rotatable bonds is 3. The smallest absolute Gasteiger partial charge is 0.330 e. The second-order valence-corrected chi connectivity index (χ2v) is 6.36. The van der Waals surface area contributed by atoms with E-state index in [1.165, 1.54) is 11.6 Å². The van der Waals surface area contributed by atoms with Gasteiger partial charge >= 0.3 is 5.69 Å². The average molecular weight is 342 g/mol. The lowest BCUT2D eigenvalue weighted by Crippen LogP contribution is -2.41. The maximum atomic E-state index is 12.4. The number of nitrogens with one attached hydrogen (secondary N) is 1. The van der Waals surface area contributed by atoms with Gasteiger partial charge in [-0.1, -0.05) is 30.3 Å². The number of amides is 1. The van der Waals surface area contributed by atoms with Crippen LogP contribution < -0.4 is 16.6 Å². The van der Waals surface area contributed by atoms with Gasteiger partial charge in [-0.25, -0.2) is 4.79 Å². The van der Waals surface area contributed by atoms with Crippen LogP contribution in [0.25, 0.3) is 0 Å². The fourth-order valence-electron chi connectivity index (χ4n) is 3.28. The molecule has 0 radical (unpaired) electrons. The Balaban J connectivity index is 1.97. The number of aromatic nitrogens is 2. The normalized spacial score (nSPS) is 18.6. The van der Waals surface area contributed by atoms with Gasteiger partial charge in [-0.05, 0) is 5.56 Å². The molecule has 0 aliphatic carbocycles. The van der Waals surface area contributed by atoms with Crippen LogP contribution in [0, 0.1) is 0 Å². The highest BCUT2D eigenvalue weighted by Gasteiger charge is 2.27. The summed E-state index contributed by atoms with van der Waals surface area (Å²) >= 11 is 0. The number of carbonyl (C=O) groups excluding carboxylic acids is 1. The van der Waals surface area contributed by atoms with Gasteiger partial charge in [0.05, 0.1) is 0 Å². The van der Waals surface area contributed by atoms with Crippen molar-refractivity contribution in [1.82, 2.24) is 19.4 Å². The van der Waals surface area contributed by atoms with Gasteiger partial charge in [-0.3, -0.25) is 19.1 Å². The number of hydrogen-bond donors (Lipinski definition) is 1. The molecule has 7 heteroatoms. The number of hydrogen-bond acceptors (Lipinski definition) is 4. The van der Waals surface area contributed by atoms with E-state index < -0.39 is 0 Å². The van der Waals surface area contributed by atoms with Crippen molar-refractivity contribution in [2.24, 2.45) is 14.1 Å². The summed E-state index contributed by atoms with van der Waals surface area (Å²) in [6.07, 6.45) is 1.93. The first-order chi connectivity index (χ1) is 12.0. The van der Waals surface area contributed by atoms with E-state index in [0.29, 0.717) is 31.6 Å². The Kier molecular flexibility index (Phi) is 4.85. The van der Waals surface area contributed by atoms with Crippen LogP contribution in [-0.2, 0) is 25.4 Å². The largest absolute Gasteiger partial charge is 0.355 e. The van der Waals surface area contributed by atoms with Crippen LogP contribution in [0.1, 0.15) is 23.6 Å². The SMILES string of the molecule is Cn1cc(CN2CCNC(=O)C[C@@H]2c2ccccc2)c(=O)n(C)c1=O. The molecule has 0 saturated carbocycles. The Bertz CT molecular complexity index is 885. The molecule has 0 bridgehead atoms. The average Bonchev–Trinajstić information content (AvgIpc) is 2.80. The first kappa shape index (κ1) is 17.2. The summed E-state index contributed by atoms with van der Waals surface area (Å²) in [7, 11) is 3.11. The maximum Gasteiger partial charge on any atom is 0.330 e. The zero-order valence-corrected chi connectivity index (χ0v) is 14.4. The van der Waals surface area contributed by atoms with Crippen molar-refractivity contribution in [2.45, 2.75) is 19.0 Å². The number of aryl methyl sites for hydroxylation is 1. The molecule has 1 amide bonds. The van der Waals surface area contributed by atoms with Crippen LogP contribution in [0.2, 0.25) is 0 Å². The molecule has 7 nitrogen and oxygen atoms in total. The Morgan fingerprint density at radius 2 is 1.84 bits per heavy atom. The predicted molar refractivity (Wildman–Crippen MR) is 94.1 cm³/mol. The molecule has 132 valence electrons. The molecule has 25 heavy (non-hydrogen) atoms. The highest BCUT2D eigenvalue weighted by atomic mass is 16.2. The summed E-state index contributed by atoms with van der Waals surface area (Å²) in [5.74, 6) is 0.00437. The summed E-state index contributed by atoms with van der Waals surface area (Å²) in [5, 5.41) is 2.89. The lowest BCUT2D eigenvalue weighted by atomic mass is 10.0. The van der Waals surface area contributed by atoms with Crippen molar-refractivity contribution >= 4 is 5.91 Å². The minimum atomic E-state index is -0.346. The van der Waals surface area contributed by atoms with Crippen molar-refractivity contribution in [3.63, 3.8) is 0 Å². The van der Waals surface area contributed by atoms with E-state index in [4.69, 9.17) is 0 Å². The second kappa shape index (κ2) is 7.06. The monoisotopic (exact) mass is 342 g/mol. The lowest BCUT2D eigenvalue weighted by Gasteiger charge is -2.29. The van der Waals surface area contributed by atoms with Crippen molar-refractivity contribution in [3.8, 4) is 0 Å². The standard InChI is InChI=1S/C18H22N4O3/c1-20-11-14(17(24)21(2)18(20)25)12-22-9-8-19-16(23)10-15(22)13-6-4-3-5-7-13/h3-7,11,15H,8-10,12H2,1-2H3,(H,19,23)/t15-/m1/s1. The molecule has 1 fully saturated rings. The molecule has 3 rings (SSSR count). The Morgan fingerprint density at radius 3 is 2.56 bits per heavy atom. The third-order valence-corrected chi connectivity index (χ3v) is 4.62. The van der Waals surface area contributed by atoms with Crippen LogP contribution in [0.3, 0.4) is 0 Å². The summed E-state index contributed by atoms with van der Waals surface area (Å²) in [6.45, 7) is 1.56. The molecule has 2 aromatic rings. The zero-order chi connectivity index (χ0) is 18.0. The third-order valence-electron chi connectivity index (χ3n) is 4.62. The van der Waals surface area contributed by atoms with Gasteiger partial charge in [0, 0.05) is 58.0 Å². The van der Waals surface area contributed by atoms with E-state index in [1.54, 1.807) is 13.2 Å². The molecule has 1 aliphatic rings. The van der Waals surface area contributed by atoms with Crippen molar-refractivity contribution in [1.29, 1.82) is 0 Å². The van der Waals surface area contributed by atoms with Gasteiger partial charge in [0.25, 0.3) is 5.56 Å². The van der Waals surface area contributed by atoms with E-state index >= 15 is 0 Å². The molecule has 1 aromatic carbocycles. The maximum absolute atomic E-state index is 12.4. The van der Waals surface area contributed by atoms with Crippen molar-refractivity contribution < 1.29 is 4.79 Å². The molecule has 1 saturated heterocycles. The Hall–Kier alpha value is -2.67. The molecule has 0 unspecified atom stereocenters. The van der Waals surface area contributed by atoms with Gasteiger partial charge < -0.3 is 9.88 Å². The zero-order valence-electron chi connectivity index (χ0n) is 14.4. The van der Waals surface area contributed by atoms with E-state index in [2.05, 4.69) is 10.2 Å². The third kappa shape index (κ3) is 3.56. The molecular weight excluding hydrogens is 320 g/mol. The highest BCUT2D eigenvalue weighted by molar-refractivity contribution is 5.77. The van der Waals surface area contributed by atoms with Crippen LogP contribution in [-0.4, -0.2) is 33.0 Å². The minimum Gasteiger partial charge on any atom is -0.355 e. The first-order valence-corrected chi connectivity index (χ1v) is 8.28. The fraction of sp³-hybridized carbons (Fsp3) is 0.389. The van der Waals surface area contributed by atoms with Crippen LogP contribution in [0.5, 0.6) is 0 Å². The summed E-state index contributed by atoms with van der Waals surface area (Å²) in [6, 6.07) is 9.71. The highest BCUT2D eigenvalue weighted by Crippen LogP contribution is 2.26. The summed E-state index contributed by atoms with van der Waals surface area (Å²) in [5.41, 5.74) is 0.945. The van der Waals surface area contributed by atoms with E-state index in [9.17, 15) is 14.4 Å². The Labute approximate surface area is 145 Å². The second-order valence-electron chi connectivity index (χ2n) is 6.36. The molecule has 1 atom stereocenters. The molecule has 1 aliphatic heterocycles. The molecule has 2 heterocycles. The molecule has 1 aromatic heterocycles. The lowest BCUT2D eigenvalue weighted by molar-refractivity contribution is -0.121. The van der Waals surface area contributed by atoms with Gasteiger partial charge in [0.1, 0.15) is 0 Å². The number of benzene rings is 1. The first-order valence-electron chi connectivity index (χ1n) is 8.28. The van der Waals surface area contributed by atoms with Crippen LogP contribution in [0.15, 0.2) is 46.1 Å². The quantitative estimate of drug-likeness (QED) is 0.861. The Morgan fingerprint density at radius 1 is 1.12 bits per heavy atom. The predicted octanol–water partition coefficient (Wildman–Crippen LogP) is 0.147. The van der Waals surface area contributed by atoms with Gasteiger partial charge in [-0.15, -0.1) is 0 Å². The van der Waals surface area contributed by atoms with E-state index in [1.807, 2.05) is 30.3 Å². The summed E-state index contributed by atoms with van der Waals surface area (Å²) in [4.78, 5) is 38.5. The molecule has 1 N–H and O–H groups in total. The minimum absolute atomic E-state index is 0.00437. The van der Waals surface area contributed by atoms with Gasteiger partial charge in [0.2, 0.25) is 5.91 Å². The van der Waals surface area contributed by atoms with E-state index in [-0.39, 0.29) is 23.2 Å². The van der Waals surface area contributed by atoms with Crippen LogP contribution >= 0.6 is 0 Å². The summed E-state index contributed by atoms with van der Waals surface area (Å²) < 4.78 is 2.53. The van der Waals surface area contributed by atoms with Gasteiger partial charge in [-0.2, -0.15) is 0 Å². The fourth-order valence-corrected chi connectivity index (χ4v) is 3.28. The van der Waals surface area contributed by atoms with E-state index in [0.717, 1.165) is 10.1 Å². The van der Waals surface area contributed by atoms with Crippen molar-refractivity contribution in [3.05, 3.63) is 68.5 Å². The molecule has 0 spiro atoms. The topological polar surface area (TPSA) is 76.3 Å². The van der Waals surface area contributed by atoms with Gasteiger partial charge in [0.15, 0.2) is 0 Å². The number of carbonyl (C=O) groups is 1. The number of nitrogens with zero attached hydrogens (tertiary/aromatic N) is 3. The van der Waals surface area contributed by atoms with Crippen molar-refractivity contribution in [2.75, 3.05) is 13.1 Å².